The molecular weight excluding hydrogens is 246 g/mol. The second-order valence-corrected chi connectivity index (χ2v) is 4.27. The maximum absolute atomic E-state index is 10.5. The molecule has 0 aromatic heterocycles. The first-order valence-corrected chi connectivity index (χ1v) is 6.14. The molecule has 0 saturated heterocycles. The average Bonchev–Trinajstić information content (AvgIpc) is 2.29. The van der Waals surface area contributed by atoms with Gasteiger partial charge in [-0.1, -0.05) is 0 Å². The largest absolute Gasteiger partial charge is 0.481 e. The summed E-state index contributed by atoms with van der Waals surface area (Å²) in [5.74, 6) is -0.163. The summed E-state index contributed by atoms with van der Waals surface area (Å²) in [5.41, 5.74) is 4.74. The highest BCUT2D eigenvalue weighted by molar-refractivity contribution is 6.61. The molecule has 1 aliphatic rings. The number of carboxylic acid groups (broad SMARTS) is 1. The predicted octanol–water partition coefficient (Wildman–Crippen LogP) is 2.22. The van der Waals surface area contributed by atoms with Crippen molar-refractivity contribution in [2.75, 3.05) is 13.2 Å². The summed E-state index contributed by atoms with van der Waals surface area (Å²) in [7, 11) is 0. The molecule has 0 radical (unpaired) electrons. The van der Waals surface area contributed by atoms with Gasteiger partial charge < -0.3 is 15.6 Å². The lowest BCUT2D eigenvalue weighted by Gasteiger charge is -2.24. The summed E-state index contributed by atoms with van der Waals surface area (Å²) >= 11 is 4.72. The fourth-order valence-corrected chi connectivity index (χ4v) is 1.87. The van der Waals surface area contributed by atoms with Crippen LogP contribution in [0, 0.1) is 11.8 Å². The predicted molar refractivity (Wildman–Crippen MR) is 65.0 cm³/mol. The summed E-state index contributed by atoms with van der Waals surface area (Å²) in [5, 5.41) is 8.67. The first-order chi connectivity index (χ1) is 8.01. The first kappa shape index (κ1) is 16.2. The van der Waals surface area contributed by atoms with Crippen LogP contribution in [0.5, 0.6) is 0 Å². The van der Waals surface area contributed by atoms with Crippen LogP contribution >= 0.6 is 11.6 Å². The molecule has 0 aliphatic heterocycles. The van der Waals surface area contributed by atoms with Crippen molar-refractivity contribution in [3.63, 3.8) is 0 Å². The summed E-state index contributed by atoms with van der Waals surface area (Å²) in [4.78, 5) is 20.1. The van der Waals surface area contributed by atoms with E-state index in [1.54, 1.807) is 6.92 Å². The topological polar surface area (TPSA) is 89.6 Å². The van der Waals surface area contributed by atoms with Crippen LogP contribution in [0.15, 0.2) is 0 Å². The van der Waals surface area contributed by atoms with Crippen molar-refractivity contribution in [1.29, 1.82) is 0 Å². The van der Waals surface area contributed by atoms with Crippen LogP contribution in [-0.2, 0) is 9.53 Å². The second kappa shape index (κ2) is 9.24. The van der Waals surface area contributed by atoms with Gasteiger partial charge in [-0.3, -0.25) is 4.79 Å². The third kappa shape index (κ3) is 7.99. The number of ether oxygens (including phenoxy) is 1. The molecule has 0 amide bonds. The van der Waals surface area contributed by atoms with Gasteiger partial charge in [-0.25, -0.2) is 4.79 Å². The van der Waals surface area contributed by atoms with Crippen molar-refractivity contribution >= 4 is 23.0 Å². The van der Waals surface area contributed by atoms with Crippen LogP contribution in [0.2, 0.25) is 0 Å². The molecule has 0 spiro atoms. The van der Waals surface area contributed by atoms with Gasteiger partial charge in [0, 0.05) is 11.6 Å². The molecule has 0 aromatic carbocycles. The van der Waals surface area contributed by atoms with Crippen molar-refractivity contribution in [1.82, 2.24) is 0 Å². The van der Waals surface area contributed by atoms with E-state index in [2.05, 4.69) is 4.74 Å². The molecule has 0 unspecified atom stereocenters. The number of halogens is 1. The van der Waals surface area contributed by atoms with Crippen LogP contribution in [-0.4, -0.2) is 29.7 Å². The standard InChI is InChI=1S/C8H15NO2.C3H5ClO2/c9-5-6-1-3-7(4-2-6)8(10)11;1-2-6-3(4)5/h6-7H,1-5,9H2,(H,10,11);2H2,1H3. The summed E-state index contributed by atoms with van der Waals surface area (Å²) in [6, 6.07) is 0. The van der Waals surface area contributed by atoms with Crippen LogP contribution in [0.1, 0.15) is 32.6 Å². The lowest BCUT2D eigenvalue weighted by atomic mass is 9.82. The lowest BCUT2D eigenvalue weighted by molar-refractivity contribution is -0.143. The molecule has 0 bridgehead atoms. The molecule has 0 atom stereocenters. The van der Waals surface area contributed by atoms with E-state index >= 15 is 0 Å². The average molecular weight is 266 g/mol. The number of nitrogens with two attached hydrogens (primary N) is 1. The zero-order chi connectivity index (χ0) is 13.3. The van der Waals surface area contributed by atoms with Crippen LogP contribution < -0.4 is 5.73 Å². The molecule has 1 saturated carbocycles. The quantitative estimate of drug-likeness (QED) is 0.764. The number of carboxylic acids is 1. The van der Waals surface area contributed by atoms with E-state index < -0.39 is 11.4 Å². The summed E-state index contributed by atoms with van der Waals surface area (Å²) in [6.45, 7) is 2.76. The number of hydrogen-bond acceptors (Lipinski definition) is 4. The Labute approximate surface area is 106 Å². The Morgan fingerprint density at radius 2 is 1.88 bits per heavy atom. The van der Waals surface area contributed by atoms with Crippen molar-refractivity contribution in [3.05, 3.63) is 0 Å². The number of rotatable bonds is 3. The van der Waals surface area contributed by atoms with E-state index in [0.29, 0.717) is 19.1 Å². The van der Waals surface area contributed by atoms with Crippen LogP contribution in [0.4, 0.5) is 4.79 Å². The number of carbonyl (C=O) groups is 2. The molecule has 17 heavy (non-hydrogen) atoms. The van der Waals surface area contributed by atoms with Gasteiger partial charge in [0.2, 0.25) is 0 Å². The number of aliphatic carboxylic acids is 1. The van der Waals surface area contributed by atoms with Gasteiger partial charge in [0.1, 0.15) is 0 Å². The second-order valence-electron chi connectivity index (χ2n) is 3.96. The zero-order valence-electron chi connectivity index (χ0n) is 10.0. The maximum Gasteiger partial charge on any atom is 0.403 e. The zero-order valence-corrected chi connectivity index (χ0v) is 10.8. The maximum atomic E-state index is 10.5. The van der Waals surface area contributed by atoms with Gasteiger partial charge in [-0.15, -0.1) is 0 Å². The Bertz CT molecular complexity index is 240. The Kier molecular flexibility index (Phi) is 8.80. The fraction of sp³-hybridized carbons (Fsp3) is 0.818. The molecule has 0 heterocycles. The third-order valence-electron chi connectivity index (χ3n) is 2.79. The molecule has 1 aliphatic carbocycles. The van der Waals surface area contributed by atoms with Gasteiger partial charge in [-0.2, -0.15) is 0 Å². The van der Waals surface area contributed by atoms with Crippen LogP contribution in [0.3, 0.4) is 0 Å². The molecule has 0 aromatic rings. The number of carbonyl (C=O) groups excluding carboxylic acids is 1. The highest BCUT2D eigenvalue weighted by Gasteiger charge is 2.24. The van der Waals surface area contributed by atoms with Gasteiger partial charge in [-0.05, 0) is 45.1 Å². The fourth-order valence-electron chi connectivity index (χ4n) is 1.76. The van der Waals surface area contributed by atoms with Gasteiger partial charge >= 0.3 is 11.4 Å². The molecule has 3 N–H and O–H groups in total. The minimum atomic E-state index is -0.738. The summed E-state index contributed by atoms with van der Waals surface area (Å²) < 4.78 is 4.17. The van der Waals surface area contributed by atoms with Gasteiger partial charge in [0.15, 0.2) is 0 Å². The SMILES string of the molecule is CCOC(=O)Cl.NCC1CCC(C(=O)O)CC1. The Balaban J connectivity index is 0.000000366. The molecule has 6 heteroatoms. The molecule has 5 nitrogen and oxygen atoms in total. The minimum Gasteiger partial charge on any atom is -0.481 e. The number of hydrogen-bond donors (Lipinski definition) is 2. The van der Waals surface area contributed by atoms with E-state index in [9.17, 15) is 9.59 Å². The van der Waals surface area contributed by atoms with Gasteiger partial charge in [0.05, 0.1) is 12.5 Å². The van der Waals surface area contributed by atoms with E-state index in [0.717, 1.165) is 25.7 Å². The highest BCUT2D eigenvalue weighted by atomic mass is 35.5. The molecule has 100 valence electrons. The van der Waals surface area contributed by atoms with Crippen molar-refractivity contribution in [3.8, 4) is 0 Å². The molecular formula is C11H20ClNO4. The van der Waals surface area contributed by atoms with E-state index in [4.69, 9.17) is 22.4 Å². The van der Waals surface area contributed by atoms with Crippen LogP contribution in [0.25, 0.3) is 0 Å². The monoisotopic (exact) mass is 265 g/mol. The summed E-state index contributed by atoms with van der Waals surface area (Å²) in [6.07, 6.45) is 3.62. The highest BCUT2D eigenvalue weighted by Crippen LogP contribution is 2.27. The molecule has 1 rings (SSSR count). The van der Waals surface area contributed by atoms with Gasteiger partial charge in [0.25, 0.3) is 0 Å². The Hall–Kier alpha value is -0.810. The smallest absolute Gasteiger partial charge is 0.403 e. The van der Waals surface area contributed by atoms with E-state index in [-0.39, 0.29) is 5.92 Å². The van der Waals surface area contributed by atoms with Crippen molar-refractivity contribution in [2.24, 2.45) is 17.6 Å². The normalized spacial score (nSPS) is 23.2. The van der Waals surface area contributed by atoms with Crippen molar-refractivity contribution < 1.29 is 19.4 Å². The lowest BCUT2D eigenvalue weighted by Crippen LogP contribution is -2.25. The van der Waals surface area contributed by atoms with Crippen molar-refractivity contribution in [2.45, 2.75) is 32.6 Å². The molecule has 1 fully saturated rings. The van der Waals surface area contributed by atoms with E-state index in [1.165, 1.54) is 0 Å². The first-order valence-electron chi connectivity index (χ1n) is 5.76. The Morgan fingerprint density at radius 3 is 2.12 bits per heavy atom. The minimum absolute atomic E-state index is 0.0993. The van der Waals surface area contributed by atoms with E-state index in [1.807, 2.05) is 0 Å². The Morgan fingerprint density at radius 1 is 1.35 bits per heavy atom. The third-order valence-corrected chi connectivity index (χ3v) is 2.90.